The number of halogens is 3. The fraction of sp³-hybridized carbons (Fsp3) is 0.500. The van der Waals surface area contributed by atoms with Crippen LogP contribution in [0.15, 0.2) is 36.9 Å². The molecule has 11 nitrogen and oxygen atoms in total. The van der Waals surface area contributed by atoms with Crippen molar-refractivity contribution in [2.24, 2.45) is 0 Å². The zero-order chi connectivity index (χ0) is 29.0. The first-order valence-electron chi connectivity index (χ1n) is 12.0. The van der Waals surface area contributed by atoms with Gasteiger partial charge in [-0.2, -0.15) is 13.2 Å². The molecule has 0 unspecified atom stereocenters. The average molecular weight is 573 g/mol. The van der Waals surface area contributed by atoms with Gasteiger partial charge in [-0.25, -0.2) is 20.0 Å². The van der Waals surface area contributed by atoms with Gasteiger partial charge in [-0.05, 0) is 58.9 Å². The number of aromatic nitrogens is 4. The van der Waals surface area contributed by atoms with E-state index in [-0.39, 0.29) is 24.5 Å². The molecule has 3 N–H and O–H groups in total. The number of carbonyl (C=O) groups excluding carboxylic acids is 1. The number of alkyl halides is 3. The van der Waals surface area contributed by atoms with Crippen molar-refractivity contribution >= 4 is 30.2 Å². The van der Waals surface area contributed by atoms with Gasteiger partial charge in [0.05, 0.1) is 30.6 Å². The van der Waals surface area contributed by atoms with Gasteiger partial charge in [-0.1, -0.05) is 0 Å². The largest absolute Gasteiger partial charge is 0.484 e. The van der Waals surface area contributed by atoms with E-state index in [9.17, 15) is 22.5 Å². The fourth-order valence-electron chi connectivity index (χ4n) is 3.55. The van der Waals surface area contributed by atoms with Crippen LogP contribution in [0.2, 0.25) is 0 Å². The normalized spacial score (nSPS) is 14.8. The van der Waals surface area contributed by atoms with Crippen molar-refractivity contribution in [3.8, 4) is 5.75 Å². The molecule has 1 aromatic carbocycles. The summed E-state index contributed by atoms with van der Waals surface area (Å²) < 4.78 is 71.1. The molecule has 0 radical (unpaired) electrons. The number of anilines is 1. The van der Waals surface area contributed by atoms with Crippen LogP contribution >= 0.6 is 7.29 Å². The number of hydrogen-bond acceptors (Lipinski definition) is 9. The molecule has 0 amide bonds. The smallest absolute Gasteiger partial charge is 0.416 e. The van der Waals surface area contributed by atoms with Crippen molar-refractivity contribution in [3.63, 3.8) is 0 Å². The molecular formula is C24H32F3N6O5P. The molecule has 2 heterocycles. The second-order valence-electron chi connectivity index (χ2n) is 9.81. The van der Waals surface area contributed by atoms with E-state index in [4.69, 9.17) is 19.9 Å². The van der Waals surface area contributed by atoms with Crippen LogP contribution in [0.3, 0.4) is 0 Å². The number of nitrogens with one attached hydrogen (secondary N) is 1. The molecular weight excluding hydrogens is 540 g/mol. The highest BCUT2D eigenvalue weighted by Gasteiger charge is 2.39. The molecule has 2 aromatic heterocycles. The first-order valence-corrected chi connectivity index (χ1v) is 14.1. The zero-order valence-electron chi connectivity index (χ0n) is 22.2. The third kappa shape index (κ3) is 8.13. The molecule has 0 saturated carbocycles. The summed E-state index contributed by atoms with van der Waals surface area (Å²) in [4.78, 5) is 24.9. The van der Waals surface area contributed by atoms with Gasteiger partial charge in [0.2, 0.25) is 7.29 Å². The lowest BCUT2D eigenvalue weighted by Gasteiger charge is -2.31. The number of fused-ring (bicyclic) bond motifs is 1. The van der Waals surface area contributed by atoms with Crippen molar-refractivity contribution in [2.45, 2.75) is 65.1 Å². The Labute approximate surface area is 223 Å². The van der Waals surface area contributed by atoms with Crippen LogP contribution in [-0.4, -0.2) is 55.9 Å². The minimum absolute atomic E-state index is 0.0720. The van der Waals surface area contributed by atoms with E-state index < -0.39 is 49.1 Å². The highest BCUT2D eigenvalue weighted by atomic mass is 31.2. The predicted molar refractivity (Wildman–Crippen MR) is 138 cm³/mol. The summed E-state index contributed by atoms with van der Waals surface area (Å²) in [6.07, 6.45) is -3.36. The molecule has 0 aliphatic heterocycles. The van der Waals surface area contributed by atoms with E-state index in [0.29, 0.717) is 11.2 Å². The quantitative estimate of drug-likeness (QED) is 0.236. The Balaban J connectivity index is 1.74. The van der Waals surface area contributed by atoms with E-state index in [1.165, 1.54) is 26.5 Å². The van der Waals surface area contributed by atoms with Crippen LogP contribution in [0, 0.1) is 0 Å². The Morgan fingerprint density at radius 3 is 2.38 bits per heavy atom. The predicted octanol–water partition coefficient (Wildman–Crippen LogP) is 4.42. The number of nitrogens with two attached hydrogens (primary N) is 1. The second-order valence-corrected chi connectivity index (χ2v) is 12.3. The Kier molecular flexibility index (Phi) is 9.24. The summed E-state index contributed by atoms with van der Waals surface area (Å²) in [7, 11) is -3.64. The lowest BCUT2D eigenvalue weighted by atomic mass is 10.1. The Hall–Kier alpha value is -3.22. The monoisotopic (exact) mass is 572 g/mol. The number of ether oxygens (including phenoxy) is 3. The van der Waals surface area contributed by atoms with Crippen LogP contribution < -0.4 is 15.6 Å². The summed E-state index contributed by atoms with van der Waals surface area (Å²) in [6, 6.07) is 3.99. The fourth-order valence-corrected chi connectivity index (χ4v) is 5.71. The number of imidazole rings is 1. The van der Waals surface area contributed by atoms with Crippen molar-refractivity contribution < 1.29 is 36.7 Å². The molecule has 0 saturated heterocycles. The van der Waals surface area contributed by atoms with Crippen LogP contribution in [0.5, 0.6) is 5.75 Å². The van der Waals surface area contributed by atoms with Crippen molar-refractivity contribution in [1.29, 1.82) is 0 Å². The van der Waals surface area contributed by atoms with Gasteiger partial charge < -0.3 is 29.1 Å². The Morgan fingerprint density at radius 1 is 1.10 bits per heavy atom. The van der Waals surface area contributed by atoms with E-state index in [0.717, 1.165) is 24.3 Å². The van der Waals surface area contributed by atoms with E-state index in [1.54, 1.807) is 25.3 Å². The Bertz CT molecular complexity index is 1330. The number of nitrogen functional groups attached to an aromatic ring is 1. The third-order valence-corrected chi connectivity index (χ3v) is 7.49. The molecule has 39 heavy (non-hydrogen) atoms. The maximum Gasteiger partial charge on any atom is 0.416 e. The van der Waals surface area contributed by atoms with Gasteiger partial charge >= 0.3 is 12.1 Å². The lowest BCUT2D eigenvalue weighted by molar-refractivity contribution is -0.153. The number of esters is 1. The third-order valence-electron chi connectivity index (χ3n) is 5.41. The van der Waals surface area contributed by atoms with Crippen LogP contribution in [-0.2, 0) is 31.6 Å². The van der Waals surface area contributed by atoms with Gasteiger partial charge in [0, 0.05) is 0 Å². The van der Waals surface area contributed by atoms with E-state index in [2.05, 4.69) is 20.0 Å². The zero-order valence-corrected chi connectivity index (χ0v) is 23.1. The lowest BCUT2D eigenvalue weighted by Crippen LogP contribution is -2.48. The van der Waals surface area contributed by atoms with Gasteiger partial charge in [-0.15, -0.1) is 0 Å². The van der Waals surface area contributed by atoms with E-state index >= 15 is 0 Å². The number of hydrogen-bond donors (Lipinski definition) is 2. The molecule has 3 aromatic rings. The maximum absolute atomic E-state index is 14.0. The van der Waals surface area contributed by atoms with Crippen molar-refractivity contribution in [3.05, 3.63) is 42.5 Å². The highest BCUT2D eigenvalue weighted by molar-refractivity contribution is 7.61. The van der Waals surface area contributed by atoms with Crippen LogP contribution in [0.4, 0.5) is 19.0 Å². The first kappa shape index (κ1) is 30.3. The summed E-state index contributed by atoms with van der Waals surface area (Å²) in [6.45, 7) is 8.41. The van der Waals surface area contributed by atoms with Crippen molar-refractivity contribution in [1.82, 2.24) is 24.6 Å². The molecule has 214 valence electrons. The topological polar surface area (TPSA) is 143 Å². The molecule has 0 fully saturated rings. The maximum atomic E-state index is 14.0. The summed E-state index contributed by atoms with van der Waals surface area (Å²) in [5.41, 5.74) is 4.54. The number of nitrogens with zero attached hydrogens (tertiary/aromatic N) is 4. The van der Waals surface area contributed by atoms with Crippen LogP contribution in [0.25, 0.3) is 11.2 Å². The number of carbonyl (C=O) groups is 1. The Morgan fingerprint density at radius 2 is 1.77 bits per heavy atom. The van der Waals surface area contributed by atoms with Crippen LogP contribution in [0.1, 0.15) is 40.2 Å². The summed E-state index contributed by atoms with van der Waals surface area (Å²) in [5, 5.41) is 2.83. The van der Waals surface area contributed by atoms with Gasteiger partial charge in [0.1, 0.15) is 29.5 Å². The molecule has 0 bridgehead atoms. The SMILES string of the molecule is CC(C)OC(=O)C(C)(C)N[P@@](=O)(COc1ccc(C(F)(F)F)cc1)CO[C@H](C)Cn1cnc2c(N)ncnc21. The average Bonchev–Trinajstić information content (AvgIpc) is 3.24. The molecule has 15 heteroatoms. The first-order chi connectivity index (χ1) is 18.1. The molecule has 0 spiro atoms. The summed E-state index contributed by atoms with van der Waals surface area (Å²) >= 11 is 0. The molecule has 0 aliphatic rings. The number of benzene rings is 1. The standard InChI is InChI=1S/C24H32F3N6O5P/c1-15(2)38-22(34)23(4,5)32-39(35,14-37-18-8-6-17(7-9-18)24(25,26)27)13-36-16(3)10-33-12-31-19-20(28)29-11-30-21(19)33/h6-9,11-12,15-16H,10,13-14H2,1-5H3,(H,32,35)(H2,28,29,30)/t16-,39+/m1/s1. The molecule has 0 aliphatic carbocycles. The minimum atomic E-state index is -4.50. The molecule has 2 atom stereocenters. The van der Waals surface area contributed by atoms with Gasteiger partial charge in [-0.3, -0.25) is 4.79 Å². The number of rotatable bonds is 12. The highest BCUT2D eigenvalue weighted by Crippen LogP contribution is 2.44. The van der Waals surface area contributed by atoms with Gasteiger partial charge in [0.15, 0.2) is 17.8 Å². The minimum Gasteiger partial charge on any atom is -0.484 e. The summed E-state index contributed by atoms with van der Waals surface area (Å²) in [5.74, 6) is -0.331. The van der Waals surface area contributed by atoms with Gasteiger partial charge in [0.25, 0.3) is 0 Å². The van der Waals surface area contributed by atoms with E-state index in [1.807, 2.05) is 0 Å². The second kappa shape index (κ2) is 11.9. The van der Waals surface area contributed by atoms with Crippen molar-refractivity contribution in [2.75, 3.05) is 18.4 Å². The molecule has 3 rings (SSSR count).